The van der Waals surface area contributed by atoms with Gasteiger partial charge in [0.05, 0.1) is 0 Å². The molecule has 0 spiro atoms. The van der Waals surface area contributed by atoms with Gasteiger partial charge in [0, 0.05) is 13.2 Å². The molecule has 1 nitrogen and oxygen atoms in total. The van der Waals surface area contributed by atoms with Gasteiger partial charge in [0.15, 0.2) is 0 Å². The largest absolute Gasteiger partial charge is 0.382 e. The summed E-state index contributed by atoms with van der Waals surface area (Å²) in [7, 11) is 0. The van der Waals surface area contributed by atoms with Crippen LogP contribution in [0.15, 0.2) is 54.6 Å². The predicted octanol–water partition coefficient (Wildman–Crippen LogP) is 5.94. The Kier molecular flexibility index (Phi) is 3.88. The third kappa shape index (κ3) is 2.55. The van der Waals surface area contributed by atoms with Crippen LogP contribution >= 0.6 is 0 Å². The zero-order valence-corrected chi connectivity index (χ0v) is 13.6. The first-order valence-electron chi connectivity index (χ1n) is 8.61. The first-order chi connectivity index (χ1) is 11.4. The molecule has 0 saturated heterocycles. The predicted molar refractivity (Wildman–Crippen MR) is 99.6 cm³/mol. The lowest BCUT2D eigenvalue weighted by molar-refractivity contribution is 0.143. The average molecular weight is 302 g/mol. The fraction of sp³-hybridized carbons (Fsp3) is 0.273. The molecular weight excluding hydrogens is 280 g/mol. The third-order valence-corrected chi connectivity index (χ3v) is 4.81. The zero-order valence-electron chi connectivity index (χ0n) is 13.6. The Balaban J connectivity index is 1.77. The van der Waals surface area contributed by atoms with Gasteiger partial charge in [-0.2, -0.15) is 0 Å². The molecule has 0 fully saturated rings. The van der Waals surface area contributed by atoms with Crippen molar-refractivity contribution in [3.8, 4) is 0 Å². The van der Waals surface area contributed by atoms with E-state index in [2.05, 4.69) is 61.5 Å². The van der Waals surface area contributed by atoms with Gasteiger partial charge >= 0.3 is 0 Å². The van der Waals surface area contributed by atoms with Crippen molar-refractivity contribution < 1.29 is 4.74 Å². The summed E-state index contributed by atoms with van der Waals surface area (Å²) >= 11 is 0. The summed E-state index contributed by atoms with van der Waals surface area (Å²) in [5, 5.41) is 8.30. The highest BCUT2D eigenvalue weighted by Gasteiger charge is 2.10. The molecule has 4 aromatic carbocycles. The van der Waals surface area contributed by atoms with E-state index in [1.807, 2.05) is 0 Å². The van der Waals surface area contributed by atoms with Crippen molar-refractivity contribution in [3.63, 3.8) is 0 Å². The summed E-state index contributed by atoms with van der Waals surface area (Å²) in [5.41, 5.74) is 1.47. The molecule has 0 aromatic heterocycles. The van der Waals surface area contributed by atoms with Crippen molar-refractivity contribution in [1.82, 2.24) is 0 Å². The van der Waals surface area contributed by atoms with Gasteiger partial charge in [-0.15, -0.1) is 0 Å². The second-order valence-electron chi connectivity index (χ2n) is 6.23. The molecule has 4 rings (SSSR count). The van der Waals surface area contributed by atoms with Crippen molar-refractivity contribution in [1.29, 1.82) is 0 Å². The molecule has 0 heterocycles. The second-order valence-corrected chi connectivity index (χ2v) is 6.23. The van der Waals surface area contributed by atoms with E-state index in [0.717, 1.165) is 26.1 Å². The van der Waals surface area contributed by atoms with E-state index >= 15 is 0 Å². The zero-order chi connectivity index (χ0) is 15.6. The molecule has 1 heteroatoms. The molecule has 0 aliphatic carbocycles. The number of hydrogen-bond donors (Lipinski definition) is 0. The van der Waals surface area contributed by atoms with E-state index in [4.69, 9.17) is 4.74 Å². The molecule has 0 aliphatic rings. The Morgan fingerprint density at radius 2 is 1.43 bits per heavy atom. The summed E-state index contributed by atoms with van der Waals surface area (Å²) in [6, 6.07) is 20.3. The Labute approximate surface area is 137 Å². The maximum atomic E-state index is 5.45. The van der Waals surface area contributed by atoms with Crippen LogP contribution in [0.3, 0.4) is 0 Å². The van der Waals surface area contributed by atoms with E-state index in [-0.39, 0.29) is 0 Å². The highest BCUT2D eigenvalue weighted by molar-refractivity contribution is 6.23. The first kappa shape index (κ1) is 14.5. The van der Waals surface area contributed by atoms with Crippen molar-refractivity contribution in [2.75, 3.05) is 13.2 Å². The van der Waals surface area contributed by atoms with Crippen LogP contribution in [0.5, 0.6) is 0 Å². The van der Waals surface area contributed by atoms with Crippen molar-refractivity contribution in [2.24, 2.45) is 0 Å². The van der Waals surface area contributed by atoms with Crippen LogP contribution < -0.4 is 0 Å². The number of ether oxygens (including phenoxy) is 1. The molecule has 116 valence electrons. The normalized spacial score (nSPS) is 11.9. The van der Waals surface area contributed by atoms with Gasteiger partial charge in [0.2, 0.25) is 0 Å². The molecular formula is C22H22O. The molecule has 0 amide bonds. The van der Waals surface area contributed by atoms with Crippen LogP contribution in [0.25, 0.3) is 32.3 Å². The first-order valence-corrected chi connectivity index (χ1v) is 8.61. The van der Waals surface area contributed by atoms with Gasteiger partial charge in [-0.25, -0.2) is 0 Å². The minimum Gasteiger partial charge on any atom is -0.382 e. The number of unbranched alkanes of at least 4 members (excludes halogenated alkanes) is 1. The van der Waals surface area contributed by atoms with Crippen molar-refractivity contribution in [2.45, 2.75) is 26.2 Å². The average Bonchev–Trinajstić information content (AvgIpc) is 2.60. The Morgan fingerprint density at radius 3 is 2.22 bits per heavy atom. The number of rotatable bonds is 6. The van der Waals surface area contributed by atoms with E-state index in [9.17, 15) is 0 Å². The summed E-state index contributed by atoms with van der Waals surface area (Å²) < 4.78 is 5.45. The lowest BCUT2D eigenvalue weighted by Gasteiger charge is -2.14. The van der Waals surface area contributed by atoms with Crippen molar-refractivity contribution >= 4 is 32.3 Å². The summed E-state index contributed by atoms with van der Waals surface area (Å²) in [6.45, 7) is 3.75. The Bertz CT molecular complexity index is 923. The fourth-order valence-electron chi connectivity index (χ4n) is 3.68. The van der Waals surface area contributed by atoms with Gasteiger partial charge in [-0.05, 0) is 64.1 Å². The number of hydrogen-bond acceptors (Lipinski definition) is 1. The van der Waals surface area contributed by atoms with Gasteiger partial charge in [-0.1, -0.05) is 54.6 Å². The smallest absolute Gasteiger partial charge is 0.0466 e. The molecule has 0 unspecified atom stereocenters. The van der Waals surface area contributed by atoms with Gasteiger partial charge in [0.1, 0.15) is 0 Å². The lowest BCUT2D eigenvalue weighted by atomic mass is 9.91. The molecule has 0 bridgehead atoms. The fourth-order valence-corrected chi connectivity index (χ4v) is 3.68. The summed E-state index contributed by atoms with van der Waals surface area (Å²) in [6.07, 6.45) is 3.45. The highest BCUT2D eigenvalue weighted by atomic mass is 16.5. The van der Waals surface area contributed by atoms with E-state index < -0.39 is 0 Å². The molecule has 0 atom stereocenters. The van der Waals surface area contributed by atoms with Crippen LogP contribution in [0.2, 0.25) is 0 Å². The summed E-state index contributed by atoms with van der Waals surface area (Å²) in [4.78, 5) is 0. The monoisotopic (exact) mass is 302 g/mol. The maximum Gasteiger partial charge on any atom is 0.0466 e. The van der Waals surface area contributed by atoms with Gasteiger partial charge in [-0.3, -0.25) is 0 Å². The Hall–Kier alpha value is -2.12. The van der Waals surface area contributed by atoms with Crippen LogP contribution in [-0.4, -0.2) is 13.2 Å². The lowest BCUT2D eigenvalue weighted by Crippen LogP contribution is -1.95. The van der Waals surface area contributed by atoms with Gasteiger partial charge < -0.3 is 4.74 Å². The molecule has 23 heavy (non-hydrogen) atoms. The van der Waals surface area contributed by atoms with Crippen LogP contribution in [0, 0.1) is 0 Å². The summed E-state index contributed by atoms with van der Waals surface area (Å²) in [5.74, 6) is 0. The van der Waals surface area contributed by atoms with Crippen LogP contribution in [-0.2, 0) is 11.2 Å². The molecule has 0 aliphatic heterocycles. The third-order valence-electron chi connectivity index (χ3n) is 4.81. The topological polar surface area (TPSA) is 9.23 Å². The molecule has 0 radical (unpaired) electrons. The molecule has 0 N–H and O–H groups in total. The van der Waals surface area contributed by atoms with E-state index in [1.165, 1.54) is 44.3 Å². The SMILES string of the molecule is CCOCCCCc1ccc2ccc3cccc4ccc1c2c34. The minimum atomic E-state index is 0.818. The highest BCUT2D eigenvalue weighted by Crippen LogP contribution is 2.36. The second kappa shape index (κ2) is 6.17. The van der Waals surface area contributed by atoms with Crippen LogP contribution in [0.4, 0.5) is 0 Å². The maximum absolute atomic E-state index is 5.45. The number of aryl methyl sites for hydroxylation is 1. The minimum absolute atomic E-state index is 0.818. The molecule has 0 saturated carbocycles. The molecule has 4 aromatic rings. The van der Waals surface area contributed by atoms with Crippen LogP contribution in [0.1, 0.15) is 25.3 Å². The standard InChI is InChI=1S/C22H22O/c1-2-23-15-4-3-6-16-9-10-19-12-11-17-7-5-8-18-13-14-20(16)22(19)21(17)18/h5,7-14H,2-4,6,15H2,1H3. The van der Waals surface area contributed by atoms with E-state index in [1.54, 1.807) is 0 Å². The Morgan fingerprint density at radius 1 is 0.739 bits per heavy atom. The number of benzene rings is 4. The van der Waals surface area contributed by atoms with E-state index in [0.29, 0.717) is 0 Å². The van der Waals surface area contributed by atoms with Gasteiger partial charge in [0.25, 0.3) is 0 Å². The van der Waals surface area contributed by atoms with Crippen molar-refractivity contribution in [3.05, 3.63) is 60.2 Å². The quantitative estimate of drug-likeness (QED) is 0.316.